The van der Waals surface area contributed by atoms with Crippen molar-refractivity contribution in [3.8, 4) is 0 Å². The van der Waals surface area contributed by atoms with Crippen LogP contribution in [0.2, 0.25) is 0 Å². The number of rotatable bonds is 24. The van der Waals surface area contributed by atoms with Gasteiger partial charge in [-0.2, -0.15) is 0 Å². The normalized spacial score (nSPS) is 14.8. The summed E-state index contributed by atoms with van der Waals surface area (Å²) in [5, 5.41) is 14.4. The Bertz CT molecular complexity index is 1560. The van der Waals surface area contributed by atoms with Crippen LogP contribution >= 0.6 is 11.3 Å². The largest absolute Gasteiger partial charge is 0.481 e. The zero-order valence-electron chi connectivity index (χ0n) is 34.2. The Morgan fingerprint density at radius 3 is 2.15 bits per heavy atom. The van der Waals surface area contributed by atoms with Crippen LogP contribution in [0, 0.1) is 29.6 Å². The van der Waals surface area contributed by atoms with E-state index in [-0.39, 0.29) is 74.1 Å². The molecule has 1 aromatic heterocycles. The fourth-order valence-electron chi connectivity index (χ4n) is 6.35. The molecular weight excluding hydrogens is 725 g/mol. The predicted molar refractivity (Wildman–Crippen MR) is 211 cm³/mol. The summed E-state index contributed by atoms with van der Waals surface area (Å²) >= 11 is 1.12. The van der Waals surface area contributed by atoms with Gasteiger partial charge in [0.25, 0.3) is 5.91 Å². The van der Waals surface area contributed by atoms with Gasteiger partial charge in [-0.25, -0.2) is 4.98 Å². The van der Waals surface area contributed by atoms with E-state index in [2.05, 4.69) is 10.3 Å². The fourth-order valence-corrected chi connectivity index (χ4v) is 7.18. The average Bonchev–Trinajstić information content (AvgIpc) is 3.59. The van der Waals surface area contributed by atoms with Crippen molar-refractivity contribution < 1.29 is 43.3 Å². The lowest BCUT2D eigenvalue weighted by Crippen LogP contribution is -2.50. The third kappa shape index (κ3) is 16.2. The van der Waals surface area contributed by atoms with E-state index in [0.29, 0.717) is 17.8 Å². The van der Waals surface area contributed by atoms with Gasteiger partial charge >= 0.3 is 17.9 Å². The fraction of sp³-hybridized carbons (Fsp3) is 0.634. The molecule has 0 aliphatic heterocycles. The highest BCUT2D eigenvalue weighted by Crippen LogP contribution is 2.33. The average molecular weight is 787 g/mol. The SMILES string of the molecule is CC[C@H](C)[C@H](CC(=O)CN(C)C)C(=O)N(COC(=O)CC(C)C)[C@H](C[C@@H](OC(C)=O)c1nc(C(=O)N[C@@H](Cc2ccccc2)C[C@H](C)C(=O)O)cs1)C(C)C. The van der Waals surface area contributed by atoms with Gasteiger partial charge in [0.05, 0.1) is 12.5 Å². The van der Waals surface area contributed by atoms with E-state index >= 15 is 0 Å². The Morgan fingerprint density at radius 1 is 0.945 bits per heavy atom. The molecule has 13 nitrogen and oxygen atoms in total. The van der Waals surface area contributed by atoms with Gasteiger partial charge in [0, 0.05) is 49.6 Å². The highest BCUT2D eigenvalue weighted by atomic mass is 32.1. The number of hydrogen-bond acceptors (Lipinski definition) is 11. The van der Waals surface area contributed by atoms with E-state index in [1.54, 1.807) is 31.3 Å². The number of nitrogens with one attached hydrogen (secondary N) is 1. The van der Waals surface area contributed by atoms with E-state index < -0.39 is 53.8 Å². The number of hydrogen-bond donors (Lipinski definition) is 2. The number of esters is 2. The summed E-state index contributed by atoms with van der Waals surface area (Å²) in [7, 11) is 3.58. The number of ketones is 1. The number of carboxylic acids is 1. The molecule has 306 valence electrons. The number of benzene rings is 1. The molecule has 2 rings (SSSR count). The topological polar surface area (TPSA) is 173 Å². The standard InChI is InChI=1S/C41H62N4O9S/c1-11-27(6)33(20-32(47)22-44(9)10)40(50)45(24-53-37(48)17-25(2)3)35(26(4)5)21-36(54-29(8)46)39-43-34(23-55-39)38(49)42-31(18-28(7)41(51)52)19-30-15-13-12-14-16-30/h12-16,23,25-28,31,33,35-36H,11,17-22,24H2,1-10H3,(H,42,49)(H,51,52)/t27-,28-,31+,33-,35+,36+/m0/s1. The van der Waals surface area contributed by atoms with Gasteiger partial charge in [-0.3, -0.25) is 28.8 Å². The summed E-state index contributed by atoms with van der Waals surface area (Å²) in [5.41, 5.74) is 1.01. The second-order valence-corrected chi connectivity index (χ2v) is 16.5. The minimum atomic E-state index is -0.970. The van der Waals surface area contributed by atoms with Crippen LogP contribution in [0.5, 0.6) is 0 Å². The molecule has 14 heteroatoms. The third-order valence-electron chi connectivity index (χ3n) is 9.49. The Balaban J connectivity index is 2.49. The zero-order chi connectivity index (χ0) is 41.4. The van der Waals surface area contributed by atoms with Crippen molar-refractivity contribution in [3.05, 3.63) is 52.0 Å². The first kappa shape index (κ1) is 47.0. The van der Waals surface area contributed by atoms with E-state index in [9.17, 15) is 33.9 Å². The molecule has 2 amide bonds. The summed E-state index contributed by atoms with van der Waals surface area (Å²) in [5.74, 6) is -4.68. The van der Waals surface area contributed by atoms with Crippen LogP contribution in [-0.2, 0) is 39.9 Å². The van der Waals surface area contributed by atoms with Crippen molar-refractivity contribution in [1.29, 1.82) is 0 Å². The molecule has 0 unspecified atom stereocenters. The van der Waals surface area contributed by atoms with Crippen molar-refractivity contribution in [1.82, 2.24) is 20.1 Å². The van der Waals surface area contributed by atoms with Crippen LogP contribution in [-0.4, -0.2) is 94.9 Å². The second kappa shape index (κ2) is 23.0. The maximum atomic E-state index is 14.6. The van der Waals surface area contributed by atoms with Crippen LogP contribution in [0.25, 0.3) is 0 Å². The van der Waals surface area contributed by atoms with Crippen LogP contribution in [0.4, 0.5) is 0 Å². The molecule has 2 N–H and O–H groups in total. The summed E-state index contributed by atoms with van der Waals surface area (Å²) < 4.78 is 11.5. The van der Waals surface area contributed by atoms with Crippen molar-refractivity contribution in [3.63, 3.8) is 0 Å². The van der Waals surface area contributed by atoms with Crippen molar-refractivity contribution >= 4 is 46.8 Å². The number of carbonyl (C=O) groups excluding carboxylic acids is 5. The third-order valence-corrected chi connectivity index (χ3v) is 10.4. The molecule has 1 aromatic carbocycles. The van der Waals surface area contributed by atoms with Crippen LogP contribution < -0.4 is 5.32 Å². The lowest BCUT2D eigenvalue weighted by Gasteiger charge is -2.38. The molecule has 0 aliphatic rings. The number of amides is 2. The lowest BCUT2D eigenvalue weighted by molar-refractivity contribution is -0.162. The van der Waals surface area contributed by atoms with Crippen molar-refractivity contribution in [2.45, 2.75) is 112 Å². The number of carbonyl (C=O) groups is 6. The van der Waals surface area contributed by atoms with Gasteiger partial charge < -0.3 is 29.7 Å². The van der Waals surface area contributed by atoms with Gasteiger partial charge in [0.2, 0.25) is 5.91 Å². The smallest absolute Gasteiger partial charge is 0.307 e. The molecule has 0 saturated carbocycles. The number of ether oxygens (including phenoxy) is 2. The van der Waals surface area contributed by atoms with E-state index in [0.717, 1.165) is 16.9 Å². The molecule has 6 atom stereocenters. The Labute approximate surface area is 330 Å². The molecule has 0 radical (unpaired) electrons. The maximum Gasteiger partial charge on any atom is 0.307 e. The monoisotopic (exact) mass is 786 g/mol. The predicted octanol–water partition coefficient (Wildman–Crippen LogP) is 6.17. The summed E-state index contributed by atoms with van der Waals surface area (Å²) in [6, 6.07) is 8.32. The number of aliphatic carboxylic acids is 1. The van der Waals surface area contributed by atoms with Crippen LogP contribution in [0.15, 0.2) is 35.7 Å². The summed E-state index contributed by atoms with van der Waals surface area (Å²) in [6.45, 7) is 14.2. The molecule has 0 aliphatic carbocycles. The summed E-state index contributed by atoms with van der Waals surface area (Å²) in [4.78, 5) is 86.1. The zero-order valence-corrected chi connectivity index (χ0v) is 35.0. The Hall–Kier alpha value is -4.17. The van der Waals surface area contributed by atoms with Crippen molar-refractivity contribution in [2.24, 2.45) is 29.6 Å². The van der Waals surface area contributed by atoms with E-state index in [1.807, 2.05) is 71.9 Å². The maximum absolute atomic E-state index is 14.6. The highest BCUT2D eigenvalue weighted by Gasteiger charge is 2.38. The van der Waals surface area contributed by atoms with Gasteiger partial charge in [0.15, 0.2) is 12.8 Å². The van der Waals surface area contributed by atoms with Gasteiger partial charge in [-0.05, 0) is 50.3 Å². The van der Waals surface area contributed by atoms with Crippen molar-refractivity contribution in [2.75, 3.05) is 27.4 Å². The van der Waals surface area contributed by atoms with Gasteiger partial charge in [-0.1, -0.05) is 85.2 Å². The number of aromatic nitrogens is 1. The highest BCUT2D eigenvalue weighted by molar-refractivity contribution is 7.09. The molecule has 55 heavy (non-hydrogen) atoms. The number of carboxylic acid groups (broad SMARTS) is 1. The molecule has 0 fully saturated rings. The minimum Gasteiger partial charge on any atom is -0.481 e. The minimum absolute atomic E-state index is 0.0160. The first-order valence-electron chi connectivity index (χ1n) is 19.1. The number of Topliss-reactive ketones (excluding diaryl/α,β-unsaturated/α-hetero) is 1. The first-order valence-corrected chi connectivity index (χ1v) is 20.0. The molecule has 0 spiro atoms. The van der Waals surface area contributed by atoms with E-state index in [1.165, 1.54) is 11.8 Å². The lowest BCUT2D eigenvalue weighted by atomic mass is 9.85. The number of likely N-dealkylation sites (N-methyl/N-ethyl adjacent to an activating group) is 1. The number of thiazole rings is 1. The number of nitrogens with zero attached hydrogens (tertiary/aromatic N) is 3. The summed E-state index contributed by atoms with van der Waals surface area (Å²) in [6.07, 6.45) is 0.530. The molecule has 1 heterocycles. The molecule has 0 saturated heterocycles. The van der Waals surface area contributed by atoms with Gasteiger partial charge in [-0.15, -0.1) is 11.3 Å². The first-order chi connectivity index (χ1) is 25.8. The quantitative estimate of drug-likeness (QED) is 0.0921. The Morgan fingerprint density at radius 2 is 1.60 bits per heavy atom. The van der Waals surface area contributed by atoms with Crippen LogP contribution in [0.1, 0.15) is 115 Å². The molecular formula is C41H62N4O9S. The van der Waals surface area contributed by atoms with Crippen LogP contribution in [0.3, 0.4) is 0 Å². The molecule has 0 bridgehead atoms. The molecule has 2 aromatic rings. The van der Waals surface area contributed by atoms with Gasteiger partial charge in [0.1, 0.15) is 16.5 Å². The second-order valence-electron chi connectivity index (χ2n) is 15.6. The Kier molecular flexibility index (Phi) is 19.7. The van der Waals surface area contributed by atoms with E-state index in [4.69, 9.17) is 9.47 Å².